The molecular weight excluding hydrogens is 418 g/mol. The van der Waals surface area contributed by atoms with Crippen molar-refractivity contribution in [2.24, 2.45) is 0 Å². The summed E-state index contributed by atoms with van der Waals surface area (Å²) in [6.45, 7) is 3.49. The van der Waals surface area contributed by atoms with Crippen LogP contribution in [0.2, 0.25) is 0 Å². The molecular formula is C22H24F2N6O2. The second-order valence-electron chi connectivity index (χ2n) is 7.99. The van der Waals surface area contributed by atoms with Crippen LogP contribution < -0.4 is 10.2 Å². The van der Waals surface area contributed by atoms with Crippen molar-refractivity contribution in [3.8, 4) is 0 Å². The third-order valence-electron chi connectivity index (χ3n) is 5.51. The van der Waals surface area contributed by atoms with E-state index in [-0.39, 0.29) is 18.0 Å². The SMILES string of the molecule is Cc1nc(CCc2cnn(Cc3cc(F)ccc3F)c2)nc2c1NC(=O)[C@H]([C@H](C)O)N2C. The van der Waals surface area contributed by atoms with Crippen LogP contribution in [0.25, 0.3) is 0 Å². The van der Waals surface area contributed by atoms with Crippen molar-refractivity contribution in [3.63, 3.8) is 0 Å². The smallest absolute Gasteiger partial charge is 0.249 e. The lowest BCUT2D eigenvalue weighted by Gasteiger charge is -2.36. The van der Waals surface area contributed by atoms with Crippen molar-refractivity contribution >= 4 is 17.4 Å². The zero-order chi connectivity index (χ0) is 23.0. The number of fused-ring (bicyclic) bond motifs is 1. The van der Waals surface area contributed by atoms with Crippen LogP contribution in [0.15, 0.2) is 30.6 Å². The topological polar surface area (TPSA) is 96.2 Å². The number of carbonyl (C=O) groups is 1. The molecule has 0 aliphatic carbocycles. The molecule has 0 fully saturated rings. The average Bonchev–Trinajstić information content (AvgIpc) is 3.17. The number of hydrogen-bond acceptors (Lipinski definition) is 6. The lowest BCUT2D eigenvalue weighted by Crippen LogP contribution is -2.52. The van der Waals surface area contributed by atoms with Gasteiger partial charge in [-0.2, -0.15) is 5.10 Å². The molecule has 4 rings (SSSR count). The first-order valence-electron chi connectivity index (χ1n) is 10.3. The van der Waals surface area contributed by atoms with E-state index in [4.69, 9.17) is 0 Å². The zero-order valence-electron chi connectivity index (χ0n) is 18.0. The number of halogens is 2. The number of amides is 1. The maximum atomic E-state index is 13.9. The molecule has 3 aromatic rings. The Morgan fingerprint density at radius 1 is 1.25 bits per heavy atom. The molecule has 10 heteroatoms. The number of carbonyl (C=O) groups excluding carboxylic acids is 1. The summed E-state index contributed by atoms with van der Waals surface area (Å²) in [5.74, 6) is -0.106. The van der Waals surface area contributed by atoms with Crippen LogP contribution in [0.3, 0.4) is 0 Å². The number of nitrogens with zero attached hydrogens (tertiary/aromatic N) is 5. The first-order chi connectivity index (χ1) is 15.2. The van der Waals surface area contributed by atoms with E-state index < -0.39 is 23.8 Å². The Hall–Kier alpha value is -3.40. The molecule has 0 radical (unpaired) electrons. The van der Waals surface area contributed by atoms with Crippen molar-refractivity contribution in [3.05, 3.63) is 64.9 Å². The largest absolute Gasteiger partial charge is 0.391 e. The van der Waals surface area contributed by atoms with E-state index in [1.807, 2.05) is 0 Å². The number of aryl methyl sites for hydroxylation is 3. The van der Waals surface area contributed by atoms with E-state index in [0.717, 1.165) is 23.8 Å². The number of likely N-dealkylation sites (N-methyl/N-ethyl adjacent to an activating group) is 1. The van der Waals surface area contributed by atoms with Gasteiger partial charge in [0.1, 0.15) is 29.2 Å². The molecule has 2 N–H and O–H groups in total. The Kier molecular flexibility index (Phi) is 5.88. The van der Waals surface area contributed by atoms with Gasteiger partial charge in [0, 0.05) is 25.2 Å². The molecule has 1 amide bonds. The highest BCUT2D eigenvalue weighted by Gasteiger charge is 2.36. The van der Waals surface area contributed by atoms with E-state index in [1.165, 1.54) is 0 Å². The first-order valence-corrected chi connectivity index (χ1v) is 10.3. The third kappa shape index (κ3) is 4.31. The summed E-state index contributed by atoms with van der Waals surface area (Å²) in [6.07, 6.45) is 3.72. The predicted octanol–water partition coefficient (Wildman–Crippen LogP) is 2.23. The van der Waals surface area contributed by atoms with E-state index in [9.17, 15) is 18.7 Å². The van der Waals surface area contributed by atoms with Crippen molar-refractivity contribution < 1.29 is 18.7 Å². The summed E-state index contributed by atoms with van der Waals surface area (Å²) in [6, 6.07) is 2.62. The van der Waals surface area contributed by atoms with Crippen LogP contribution in [-0.2, 0) is 24.2 Å². The maximum Gasteiger partial charge on any atom is 0.249 e. The van der Waals surface area contributed by atoms with Crippen molar-refractivity contribution in [2.45, 2.75) is 45.4 Å². The minimum absolute atomic E-state index is 0.128. The Labute approximate surface area is 183 Å². The number of aliphatic hydroxyl groups is 1. The van der Waals surface area contributed by atoms with Crippen molar-refractivity contribution in [1.82, 2.24) is 19.7 Å². The fourth-order valence-corrected chi connectivity index (χ4v) is 3.89. The molecule has 0 saturated heterocycles. The third-order valence-corrected chi connectivity index (χ3v) is 5.51. The van der Waals surface area contributed by atoms with Crippen molar-refractivity contribution in [2.75, 3.05) is 17.3 Å². The van der Waals surface area contributed by atoms with Crippen LogP contribution in [0, 0.1) is 18.6 Å². The van der Waals surface area contributed by atoms with Gasteiger partial charge < -0.3 is 15.3 Å². The van der Waals surface area contributed by atoms with E-state index in [1.54, 1.807) is 42.9 Å². The van der Waals surface area contributed by atoms with E-state index in [2.05, 4.69) is 20.4 Å². The second-order valence-corrected chi connectivity index (χ2v) is 7.99. The van der Waals surface area contributed by atoms with E-state index >= 15 is 0 Å². The molecule has 1 aliphatic heterocycles. The molecule has 0 saturated carbocycles. The van der Waals surface area contributed by atoms with Gasteiger partial charge in [0.25, 0.3) is 0 Å². The van der Waals surface area contributed by atoms with Crippen LogP contribution in [0.5, 0.6) is 0 Å². The quantitative estimate of drug-likeness (QED) is 0.608. The van der Waals surface area contributed by atoms with Gasteiger partial charge in [0.15, 0.2) is 5.82 Å². The molecule has 168 valence electrons. The molecule has 1 aliphatic rings. The number of anilines is 2. The number of aliphatic hydroxyl groups excluding tert-OH is 1. The number of nitrogens with one attached hydrogen (secondary N) is 1. The summed E-state index contributed by atoms with van der Waals surface area (Å²) in [5, 5.41) is 17.0. The van der Waals surface area contributed by atoms with Gasteiger partial charge in [0.2, 0.25) is 5.91 Å². The molecule has 0 bridgehead atoms. The van der Waals surface area contributed by atoms with Crippen LogP contribution in [0.4, 0.5) is 20.3 Å². The van der Waals surface area contributed by atoms with Crippen LogP contribution in [-0.4, -0.2) is 50.0 Å². The monoisotopic (exact) mass is 442 g/mol. The molecule has 0 spiro atoms. The highest BCUT2D eigenvalue weighted by atomic mass is 19.1. The van der Waals surface area contributed by atoms with Gasteiger partial charge in [-0.1, -0.05) is 0 Å². The van der Waals surface area contributed by atoms with Gasteiger partial charge in [-0.15, -0.1) is 0 Å². The Morgan fingerprint density at radius 3 is 2.78 bits per heavy atom. The summed E-state index contributed by atoms with van der Waals surface area (Å²) in [7, 11) is 1.72. The standard InChI is InChI=1S/C22H24F2N6O2/c1-12-19-21(29(3)20(13(2)31)22(32)28-19)27-18(26-12)7-4-14-9-25-30(10-14)11-15-8-16(23)5-6-17(15)24/h5-6,8-10,13,20,31H,4,7,11H2,1-3H3,(H,28,32)/t13-,20-/m0/s1. The van der Waals surface area contributed by atoms with Crippen LogP contribution >= 0.6 is 0 Å². The van der Waals surface area contributed by atoms with Gasteiger partial charge >= 0.3 is 0 Å². The number of hydrogen-bond donors (Lipinski definition) is 2. The molecule has 2 aromatic heterocycles. The number of rotatable bonds is 6. The molecule has 2 atom stereocenters. The molecule has 32 heavy (non-hydrogen) atoms. The minimum Gasteiger partial charge on any atom is -0.391 e. The summed E-state index contributed by atoms with van der Waals surface area (Å²) in [5.41, 5.74) is 2.32. The fourth-order valence-electron chi connectivity index (χ4n) is 3.89. The molecule has 8 nitrogen and oxygen atoms in total. The first kappa shape index (κ1) is 21.8. The number of benzene rings is 1. The van der Waals surface area contributed by atoms with Gasteiger partial charge in [-0.25, -0.2) is 18.7 Å². The summed E-state index contributed by atoms with van der Waals surface area (Å²) >= 11 is 0. The molecule has 0 unspecified atom stereocenters. The van der Waals surface area contributed by atoms with Crippen molar-refractivity contribution in [1.29, 1.82) is 0 Å². The number of aromatic nitrogens is 4. The van der Waals surface area contributed by atoms with Crippen LogP contribution in [0.1, 0.15) is 29.6 Å². The van der Waals surface area contributed by atoms with Gasteiger partial charge in [-0.05, 0) is 44.0 Å². The average molecular weight is 442 g/mol. The highest BCUT2D eigenvalue weighted by molar-refractivity contribution is 6.03. The highest BCUT2D eigenvalue weighted by Crippen LogP contribution is 2.32. The Bertz CT molecular complexity index is 1160. The summed E-state index contributed by atoms with van der Waals surface area (Å²) < 4.78 is 28.8. The fraction of sp³-hybridized carbons (Fsp3) is 0.364. The zero-order valence-corrected chi connectivity index (χ0v) is 18.0. The van der Waals surface area contributed by atoms with Gasteiger partial charge in [-0.3, -0.25) is 9.48 Å². The Morgan fingerprint density at radius 2 is 2.03 bits per heavy atom. The minimum atomic E-state index is -0.861. The Balaban J connectivity index is 1.48. The second kappa shape index (κ2) is 8.62. The predicted molar refractivity (Wildman–Crippen MR) is 114 cm³/mol. The normalized spacial score (nSPS) is 16.6. The molecule has 3 heterocycles. The van der Waals surface area contributed by atoms with E-state index in [0.29, 0.717) is 35.9 Å². The maximum absolute atomic E-state index is 13.9. The molecule has 1 aromatic carbocycles. The summed E-state index contributed by atoms with van der Waals surface area (Å²) in [4.78, 5) is 23.1. The lowest BCUT2D eigenvalue weighted by molar-refractivity contribution is -0.119. The lowest BCUT2D eigenvalue weighted by atomic mass is 10.1. The van der Waals surface area contributed by atoms with Gasteiger partial charge in [0.05, 0.1) is 24.5 Å².